The van der Waals surface area contributed by atoms with Crippen LogP contribution in [0.3, 0.4) is 0 Å². The topological polar surface area (TPSA) is 53.1 Å². The Morgan fingerprint density at radius 2 is 2.33 bits per heavy atom. The van der Waals surface area contributed by atoms with E-state index < -0.39 is 0 Å². The molecule has 0 saturated carbocycles. The molecule has 1 aromatic rings. The van der Waals surface area contributed by atoms with Crippen molar-refractivity contribution in [1.82, 2.24) is 9.55 Å². The fourth-order valence-corrected chi connectivity index (χ4v) is 0.866. The van der Waals surface area contributed by atoms with Crippen LogP contribution >= 0.6 is 0 Å². The molecule has 2 N–H and O–H groups in total. The van der Waals surface area contributed by atoms with Gasteiger partial charge in [-0.05, 0) is 13.8 Å². The van der Waals surface area contributed by atoms with Gasteiger partial charge in [0.05, 0.1) is 18.4 Å². The Bertz CT molecular complexity index is 235. The lowest BCUT2D eigenvalue weighted by Crippen LogP contribution is -2.02. The second-order valence-electron chi connectivity index (χ2n) is 3.06. The minimum atomic E-state index is 0.230. The highest BCUT2D eigenvalue weighted by Crippen LogP contribution is 2.04. The van der Waals surface area contributed by atoms with Gasteiger partial charge in [0.25, 0.3) is 0 Å². The molecule has 68 valence electrons. The van der Waals surface area contributed by atoms with E-state index in [1.807, 2.05) is 27.1 Å². The van der Waals surface area contributed by atoms with Crippen molar-refractivity contribution in [2.75, 3.05) is 5.73 Å². The molecule has 0 fully saturated rings. The number of rotatable bonds is 3. The van der Waals surface area contributed by atoms with Crippen molar-refractivity contribution in [2.45, 2.75) is 26.6 Å². The van der Waals surface area contributed by atoms with Crippen LogP contribution in [-0.4, -0.2) is 15.7 Å². The quantitative estimate of drug-likeness (QED) is 0.732. The Morgan fingerprint density at radius 1 is 1.67 bits per heavy atom. The molecule has 0 aliphatic carbocycles. The average Bonchev–Trinajstić information content (AvgIpc) is 2.28. The maximum absolute atomic E-state index is 5.54. The van der Waals surface area contributed by atoms with Gasteiger partial charge in [-0.3, -0.25) is 0 Å². The summed E-state index contributed by atoms with van der Waals surface area (Å²) in [7, 11) is 1.86. The largest absolute Gasteiger partial charge is 0.372 e. The first-order chi connectivity index (χ1) is 5.59. The number of aryl methyl sites for hydroxylation is 1. The molecule has 4 nitrogen and oxygen atoms in total. The lowest BCUT2D eigenvalue weighted by atomic mass is 10.4. The smallest absolute Gasteiger partial charge is 0.200 e. The van der Waals surface area contributed by atoms with Crippen molar-refractivity contribution in [3.8, 4) is 0 Å². The highest BCUT2D eigenvalue weighted by atomic mass is 16.5. The molecule has 0 atom stereocenters. The van der Waals surface area contributed by atoms with Crippen LogP contribution in [0.5, 0.6) is 0 Å². The molecule has 12 heavy (non-hydrogen) atoms. The summed E-state index contributed by atoms with van der Waals surface area (Å²) in [6, 6.07) is 0. The summed E-state index contributed by atoms with van der Waals surface area (Å²) in [5, 5.41) is 0. The molecule has 0 aliphatic heterocycles. The number of nitrogen functional groups attached to an aromatic ring is 1. The van der Waals surface area contributed by atoms with Gasteiger partial charge in [0, 0.05) is 13.2 Å². The molecular weight excluding hydrogens is 154 g/mol. The third-order valence-corrected chi connectivity index (χ3v) is 1.53. The maximum Gasteiger partial charge on any atom is 0.200 e. The summed E-state index contributed by atoms with van der Waals surface area (Å²) >= 11 is 0. The molecule has 4 heteroatoms. The zero-order valence-corrected chi connectivity index (χ0v) is 7.74. The van der Waals surface area contributed by atoms with Crippen LogP contribution < -0.4 is 5.73 Å². The van der Waals surface area contributed by atoms with E-state index in [9.17, 15) is 0 Å². The van der Waals surface area contributed by atoms with Gasteiger partial charge in [-0.15, -0.1) is 0 Å². The monoisotopic (exact) mass is 169 g/mol. The van der Waals surface area contributed by atoms with E-state index in [2.05, 4.69) is 4.98 Å². The molecule has 0 aliphatic rings. The Labute approximate surface area is 72.3 Å². The number of nitrogens with zero attached hydrogens (tertiary/aromatic N) is 2. The number of aromatic nitrogens is 2. The summed E-state index contributed by atoms with van der Waals surface area (Å²) in [5.41, 5.74) is 6.42. The zero-order chi connectivity index (χ0) is 9.14. The van der Waals surface area contributed by atoms with Gasteiger partial charge >= 0.3 is 0 Å². The van der Waals surface area contributed by atoms with Crippen LogP contribution in [-0.2, 0) is 18.4 Å². The SMILES string of the molecule is CC(C)OCc1cn(C)c(N)n1. The molecule has 0 bridgehead atoms. The van der Waals surface area contributed by atoms with E-state index in [0.717, 1.165) is 5.69 Å². The minimum Gasteiger partial charge on any atom is -0.372 e. The van der Waals surface area contributed by atoms with Crippen LogP contribution in [0.1, 0.15) is 19.5 Å². The second kappa shape index (κ2) is 3.58. The molecule has 0 spiro atoms. The van der Waals surface area contributed by atoms with Crippen molar-refractivity contribution >= 4 is 5.95 Å². The van der Waals surface area contributed by atoms with Gasteiger partial charge in [0.15, 0.2) is 5.95 Å². The van der Waals surface area contributed by atoms with Crippen molar-refractivity contribution in [2.24, 2.45) is 7.05 Å². The van der Waals surface area contributed by atoms with Gasteiger partial charge in [-0.2, -0.15) is 0 Å². The standard InChI is InChI=1S/C8H15N3O/c1-6(2)12-5-7-4-11(3)8(9)10-7/h4,6H,5H2,1-3H3,(H2,9,10). The van der Waals surface area contributed by atoms with Crippen LogP contribution in [0, 0.1) is 0 Å². The fraction of sp³-hybridized carbons (Fsp3) is 0.625. The predicted molar refractivity (Wildman–Crippen MR) is 47.5 cm³/mol. The number of imidazole rings is 1. The highest BCUT2D eigenvalue weighted by Gasteiger charge is 2.02. The van der Waals surface area contributed by atoms with Crippen molar-refractivity contribution in [3.05, 3.63) is 11.9 Å². The average molecular weight is 169 g/mol. The third kappa shape index (κ3) is 2.23. The van der Waals surface area contributed by atoms with E-state index in [-0.39, 0.29) is 6.10 Å². The Morgan fingerprint density at radius 3 is 2.75 bits per heavy atom. The molecule has 0 amide bonds. The summed E-state index contributed by atoms with van der Waals surface area (Å²) in [5.74, 6) is 0.525. The summed E-state index contributed by atoms with van der Waals surface area (Å²) in [4.78, 5) is 4.10. The fourth-order valence-electron chi connectivity index (χ4n) is 0.866. The third-order valence-electron chi connectivity index (χ3n) is 1.53. The zero-order valence-electron chi connectivity index (χ0n) is 7.74. The van der Waals surface area contributed by atoms with E-state index >= 15 is 0 Å². The van der Waals surface area contributed by atoms with Gasteiger partial charge in [0.2, 0.25) is 0 Å². The molecule has 0 unspecified atom stereocenters. The van der Waals surface area contributed by atoms with Crippen LogP contribution in [0.15, 0.2) is 6.20 Å². The number of hydrogen-bond acceptors (Lipinski definition) is 3. The molecule has 1 heterocycles. The lowest BCUT2D eigenvalue weighted by Gasteiger charge is -2.03. The Kier molecular flexibility index (Phi) is 2.70. The van der Waals surface area contributed by atoms with Crippen molar-refractivity contribution in [1.29, 1.82) is 0 Å². The maximum atomic E-state index is 5.54. The van der Waals surface area contributed by atoms with Crippen molar-refractivity contribution in [3.63, 3.8) is 0 Å². The summed E-state index contributed by atoms with van der Waals surface area (Å²) in [6.45, 7) is 4.52. The summed E-state index contributed by atoms with van der Waals surface area (Å²) in [6.07, 6.45) is 2.10. The highest BCUT2D eigenvalue weighted by molar-refractivity contribution is 5.20. The molecule has 0 radical (unpaired) electrons. The van der Waals surface area contributed by atoms with Gasteiger partial charge in [-0.25, -0.2) is 4.98 Å². The molecular formula is C8H15N3O. The Hall–Kier alpha value is -1.03. The van der Waals surface area contributed by atoms with Crippen LogP contribution in [0.25, 0.3) is 0 Å². The number of hydrogen-bond donors (Lipinski definition) is 1. The Balaban J connectivity index is 2.53. The van der Waals surface area contributed by atoms with Crippen molar-refractivity contribution < 1.29 is 4.74 Å². The molecule has 1 aromatic heterocycles. The first kappa shape index (κ1) is 9.06. The van der Waals surface area contributed by atoms with E-state index in [0.29, 0.717) is 12.6 Å². The van der Waals surface area contributed by atoms with Crippen LogP contribution in [0.4, 0.5) is 5.95 Å². The number of anilines is 1. The second-order valence-corrected chi connectivity index (χ2v) is 3.06. The van der Waals surface area contributed by atoms with Gasteiger partial charge in [0.1, 0.15) is 0 Å². The first-order valence-electron chi connectivity index (χ1n) is 3.99. The summed E-state index contributed by atoms with van der Waals surface area (Å²) < 4.78 is 7.14. The van der Waals surface area contributed by atoms with Gasteiger partial charge in [-0.1, -0.05) is 0 Å². The van der Waals surface area contributed by atoms with E-state index in [1.165, 1.54) is 0 Å². The predicted octanol–water partition coefficient (Wildman–Crippen LogP) is 0.927. The first-order valence-corrected chi connectivity index (χ1v) is 3.99. The van der Waals surface area contributed by atoms with E-state index in [1.54, 1.807) is 4.57 Å². The number of ether oxygens (including phenoxy) is 1. The molecule has 0 saturated heterocycles. The van der Waals surface area contributed by atoms with Crippen LogP contribution in [0.2, 0.25) is 0 Å². The van der Waals surface area contributed by atoms with E-state index in [4.69, 9.17) is 10.5 Å². The molecule has 0 aromatic carbocycles. The van der Waals surface area contributed by atoms with Gasteiger partial charge < -0.3 is 15.0 Å². The molecule has 1 rings (SSSR count). The normalized spacial score (nSPS) is 11.0. The lowest BCUT2D eigenvalue weighted by molar-refractivity contribution is 0.0638. The number of nitrogens with two attached hydrogens (primary N) is 1. The minimum absolute atomic E-state index is 0.230.